The van der Waals surface area contributed by atoms with Crippen LogP contribution in [0.4, 0.5) is 5.69 Å². The van der Waals surface area contributed by atoms with E-state index in [0.717, 1.165) is 44.0 Å². The average molecular weight is 371 g/mol. The van der Waals surface area contributed by atoms with Gasteiger partial charge in [0, 0.05) is 25.4 Å². The van der Waals surface area contributed by atoms with Crippen LogP contribution in [0.3, 0.4) is 0 Å². The van der Waals surface area contributed by atoms with Crippen LogP contribution in [-0.2, 0) is 11.3 Å². The summed E-state index contributed by atoms with van der Waals surface area (Å²) in [6, 6.07) is 16.4. The fourth-order valence-corrected chi connectivity index (χ4v) is 3.42. The molecule has 0 amide bonds. The lowest BCUT2D eigenvalue weighted by Crippen LogP contribution is -2.39. The van der Waals surface area contributed by atoms with Gasteiger partial charge < -0.3 is 19.7 Å². The molecule has 1 fully saturated rings. The first kappa shape index (κ1) is 18.7. The summed E-state index contributed by atoms with van der Waals surface area (Å²) >= 11 is 5.71. The highest BCUT2D eigenvalue weighted by Crippen LogP contribution is 2.19. The molecule has 2 aromatic carbocycles. The molecule has 1 unspecified atom stereocenters. The van der Waals surface area contributed by atoms with E-state index < -0.39 is 0 Å². The quantitative estimate of drug-likeness (QED) is 0.763. The zero-order valence-corrected chi connectivity index (χ0v) is 16.2. The number of ether oxygens (including phenoxy) is 2. The van der Waals surface area contributed by atoms with Crippen molar-refractivity contribution in [2.75, 3.05) is 25.6 Å². The molecule has 0 spiro atoms. The smallest absolute Gasteiger partial charge is 0.173 e. The average Bonchev–Trinajstić information content (AvgIpc) is 3.15. The lowest BCUT2D eigenvalue weighted by Gasteiger charge is -2.28. The predicted molar refractivity (Wildman–Crippen MR) is 110 cm³/mol. The minimum Gasteiger partial charge on any atom is -0.497 e. The van der Waals surface area contributed by atoms with Gasteiger partial charge in [-0.1, -0.05) is 29.8 Å². The lowest BCUT2D eigenvalue weighted by molar-refractivity contribution is 0.0905. The zero-order valence-electron chi connectivity index (χ0n) is 15.4. The summed E-state index contributed by atoms with van der Waals surface area (Å²) < 4.78 is 11.0. The Morgan fingerprint density at radius 2 is 2.08 bits per heavy atom. The number of rotatable bonds is 6. The third-order valence-corrected chi connectivity index (χ3v) is 4.89. The number of hydrogen-bond donors (Lipinski definition) is 1. The van der Waals surface area contributed by atoms with E-state index in [-0.39, 0.29) is 6.10 Å². The minimum atomic E-state index is 0.246. The van der Waals surface area contributed by atoms with Crippen LogP contribution in [0, 0.1) is 6.92 Å². The molecule has 0 aromatic heterocycles. The molecule has 5 heteroatoms. The molecule has 1 heterocycles. The van der Waals surface area contributed by atoms with Crippen LogP contribution in [-0.4, -0.2) is 36.4 Å². The number of nitrogens with one attached hydrogen (secondary N) is 1. The molecule has 1 saturated heterocycles. The Bertz CT molecular complexity index is 727. The van der Waals surface area contributed by atoms with Crippen LogP contribution in [0.2, 0.25) is 0 Å². The molecule has 26 heavy (non-hydrogen) atoms. The number of hydrogen-bond acceptors (Lipinski definition) is 3. The summed E-state index contributed by atoms with van der Waals surface area (Å²) in [4.78, 5) is 2.20. The van der Waals surface area contributed by atoms with Crippen molar-refractivity contribution in [3.63, 3.8) is 0 Å². The van der Waals surface area contributed by atoms with E-state index in [2.05, 4.69) is 41.4 Å². The maximum atomic E-state index is 5.83. The van der Waals surface area contributed by atoms with Crippen LogP contribution in [0.15, 0.2) is 48.5 Å². The molecule has 1 aliphatic rings. The lowest BCUT2D eigenvalue weighted by atomic mass is 10.1. The molecule has 0 aliphatic carbocycles. The van der Waals surface area contributed by atoms with Crippen LogP contribution in [0.25, 0.3) is 0 Å². The van der Waals surface area contributed by atoms with Gasteiger partial charge in [-0.15, -0.1) is 0 Å². The Kier molecular flexibility index (Phi) is 6.47. The first-order valence-electron chi connectivity index (χ1n) is 9.01. The molecule has 0 bridgehead atoms. The molecule has 2 aromatic rings. The first-order valence-corrected chi connectivity index (χ1v) is 9.42. The molecule has 138 valence electrons. The van der Waals surface area contributed by atoms with Gasteiger partial charge in [-0.05, 0) is 61.8 Å². The topological polar surface area (TPSA) is 33.7 Å². The molecular formula is C21H26N2O2S. The van der Waals surface area contributed by atoms with Crippen molar-refractivity contribution >= 4 is 23.0 Å². The maximum Gasteiger partial charge on any atom is 0.173 e. The first-order chi connectivity index (χ1) is 12.6. The van der Waals surface area contributed by atoms with Gasteiger partial charge in [0.1, 0.15) is 5.75 Å². The third kappa shape index (κ3) is 5.19. The Hall–Kier alpha value is -2.11. The van der Waals surface area contributed by atoms with Crippen molar-refractivity contribution < 1.29 is 9.47 Å². The highest BCUT2D eigenvalue weighted by molar-refractivity contribution is 7.80. The van der Waals surface area contributed by atoms with E-state index in [0.29, 0.717) is 5.11 Å². The second-order valence-corrected chi connectivity index (χ2v) is 7.05. The fraction of sp³-hybridized carbons (Fsp3) is 0.381. The second-order valence-electron chi connectivity index (χ2n) is 6.66. The van der Waals surface area contributed by atoms with Gasteiger partial charge in [0.15, 0.2) is 5.11 Å². The summed E-state index contributed by atoms with van der Waals surface area (Å²) in [6.45, 7) is 4.53. The van der Waals surface area contributed by atoms with Crippen molar-refractivity contribution in [1.29, 1.82) is 0 Å². The monoisotopic (exact) mass is 370 g/mol. The largest absolute Gasteiger partial charge is 0.497 e. The number of nitrogens with zero attached hydrogens (tertiary/aromatic N) is 1. The van der Waals surface area contributed by atoms with Crippen molar-refractivity contribution in [3.05, 3.63) is 59.7 Å². The highest BCUT2D eigenvalue weighted by Gasteiger charge is 2.21. The number of methoxy groups -OCH3 is 1. The SMILES string of the molecule is COc1ccc(NC(=S)N(Cc2cccc(C)c2)CC2CCCO2)cc1. The van der Waals surface area contributed by atoms with Gasteiger partial charge in [-0.25, -0.2) is 0 Å². The predicted octanol–water partition coefficient (Wildman–Crippen LogP) is 4.38. The molecule has 0 saturated carbocycles. The van der Waals surface area contributed by atoms with Crippen molar-refractivity contribution in [1.82, 2.24) is 4.90 Å². The molecule has 1 atom stereocenters. The van der Waals surface area contributed by atoms with E-state index in [4.69, 9.17) is 21.7 Å². The summed E-state index contributed by atoms with van der Waals surface area (Å²) in [5.41, 5.74) is 3.47. The normalized spacial score (nSPS) is 16.3. The van der Waals surface area contributed by atoms with Crippen molar-refractivity contribution in [3.8, 4) is 5.75 Å². The summed E-state index contributed by atoms with van der Waals surface area (Å²) in [6.07, 6.45) is 2.47. The Morgan fingerprint density at radius 1 is 1.27 bits per heavy atom. The molecular weight excluding hydrogens is 344 g/mol. The molecule has 0 radical (unpaired) electrons. The van der Waals surface area contributed by atoms with Gasteiger partial charge in [-0.2, -0.15) is 0 Å². The summed E-state index contributed by atoms with van der Waals surface area (Å²) in [5, 5.41) is 4.06. The van der Waals surface area contributed by atoms with E-state index in [1.54, 1.807) is 7.11 Å². The van der Waals surface area contributed by atoms with Crippen LogP contribution in [0.1, 0.15) is 24.0 Å². The minimum absolute atomic E-state index is 0.246. The fourth-order valence-electron chi connectivity index (χ4n) is 3.16. The maximum absolute atomic E-state index is 5.83. The third-order valence-electron chi connectivity index (χ3n) is 4.53. The van der Waals surface area contributed by atoms with E-state index in [1.165, 1.54) is 11.1 Å². The van der Waals surface area contributed by atoms with Gasteiger partial charge in [0.05, 0.1) is 13.2 Å². The van der Waals surface area contributed by atoms with E-state index >= 15 is 0 Å². The van der Waals surface area contributed by atoms with Crippen LogP contribution < -0.4 is 10.1 Å². The Morgan fingerprint density at radius 3 is 2.73 bits per heavy atom. The number of benzene rings is 2. The Labute approximate surface area is 161 Å². The van der Waals surface area contributed by atoms with Crippen molar-refractivity contribution in [2.24, 2.45) is 0 Å². The van der Waals surface area contributed by atoms with Crippen molar-refractivity contribution in [2.45, 2.75) is 32.4 Å². The van der Waals surface area contributed by atoms with Gasteiger partial charge in [0.25, 0.3) is 0 Å². The van der Waals surface area contributed by atoms with Crippen LogP contribution in [0.5, 0.6) is 5.75 Å². The standard InChI is InChI=1S/C21H26N2O2S/c1-16-5-3-6-17(13-16)14-23(15-20-7-4-12-25-20)21(26)22-18-8-10-19(24-2)11-9-18/h3,5-6,8-11,13,20H,4,7,12,14-15H2,1-2H3,(H,22,26). The molecule has 1 N–H and O–H groups in total. The summed E-state index contributed by atoms with van der Waals surface area (Å²) in [5.74, 6) is 0.831. The van der Waals surface area contributed by atoms with E-state index in [9.17, 15) is 0 Å². The number of aryl methyl sites for hydroxylation is 1. The number of thiocarbonyl (C=S) groups is 1. The van der Waals surface area contributed by atoms with Crippen LogP contribution >= 0.6 is 12.2 Å². The zero-order chi connectivity index (χ0) is 18.4. The number of anilines is 1. The second kappa shape index (κ2) is 9.01. The molecule has 4 nitrogen and oxygen atoms in total. The molecule has 1 aliphatic heterocycles. The van der Waals surface area contributed by atoms with Gasteiger partial charge in [0.2, 0.25) is 0 Å². The molecule has 3 rings (SSSR count). The van der Waals surface area contributed by atoms with Gasteiger partial charge in [-0.3, -0.25) is 0 Å². The Balaban J connectivity index is 1.70. The highest BCUT2D eigenvalue weighted by atomic mass is 32.1. The van der Waals surface area contributed by atoms with Gasteiger partial charge >= 0.3 is 0 Å². The van der Waals surface area contributed by atoms with E-state index in [1.807, 2.05) is 24.3 Å². The summed E-state index contributed by atoms with van der Waals surface area (Å²) in [7, 11) is 1.66.